The summed E-state index contributed by atoms with van der Waals surface area (Å²) >= 11 is 1.58. The van der Waals surface area contributed by atoms with Gasteiger partial charge in [0.2, 0.25) is 0 Å². The fraction of sp³-hybridized carbons (Fsp3) is 0.345. The van der Waals surface area contributed by atoms with Gasteiger partial charge in [0.05, 0.1) is 6.54 Å². The monoisotopic (exact) mass is 503 g/mol. The summed E-state index contributed by atoms with van der Waals surface area (Å²) in [6, 6.07) is 15.9. The molecule has 0 aliphatic carbocycles. The standard InChI is InChI=1S/C29H33N3O3S/c1-18(2)16-32-24(15-30-28(34)35-29(4,5)6)25(20-10-8-7-9-11-20)23-14-21(12-13-22(23)27(32)33)26-31-19(3)17-36-26/h7-14,17-18H,15-16H2,1-6H3,(H,30,34). The summed E-state index contributed by atoms with van der Waals surface area (Å²) in [5.41, 5.74) is 3.91. The van der Waals surface area contributed by atoms with Crippen LogP contribution in [0.5, 0.6) is 0 Å². The normalized spacial score (nSPS) is 11.8. The highest BCUT2D eigenvalue weighted by Gasteiger charge is 2.22. The minimum absolute atomic E-state index is 0.0683. The van der Waals surface area contributed by atoms with Gasteiger partial charge in [-0.15, -0.1) is 11.3 Å². The Kier molecular flexibility index (Phi) is 7.31. The number of ether oxygens (including phenoxy) is 1. The van der Waals surface area contributed by atoms with E-state index in [0.717, 1.165) is 38.5 Å². The number of hydrogen-bond donors (Lipinski definition) is 1. The van der Waals surface area contributed by atoms with Gasteiger partial charge in [0, 0.05) is 39.8 Å². The molecule has 4 rings (SSSR count). The van der Waals surface area contributed by atoms with Gasteiger partial charge in [-0.05, 0) is 56.7 Å². The molecule has 2 heterocycles. The molecule has 0 saturated carbocycles. The van der Waals surface area contributed by atoms with Crippen LogP contribution < -0.4 is 10.9 Å². The van der Waals surface area contributed by atoms with Crippen molar-refractivity contribution in [3.05, 3.63) is 75.7 Å². The summed E-state index contributed by atoms with van der Waals surface area (Å²) in [5.74, 6) is 0.238. The maximum absolute atomic E-state index is 13.8. The van der Waals surface area contributed by atoms with Gasteiger partial charge in [0.1, 0.15) is 10.6 Å². The third kappa shape index (κ3) is 5.68. The molecule has 6 nitrogen and oxygen atoms in total. The molecule has 1 amide bonds. The zero-order valence-electron chi connectivity index (χ0n) is 21.7. The second kappa shape index (κ2) is 10.3. The van der Waals surface area contributed by atoms with Crippen LogP contribution in [-0.4, -0.2) is 21.2 Å². The zero-order valence-corrected chi connectivity index (χ0v) is 22.5. The molecule has 36 heavy (non-hydrogen) atoms. The summed E-state index contributed by atoms with van der Waals surface area (Å²) in [4.78, 5) is 31.0. The minimum Gasteiger partial charge on any atom is -0.444 e. The highest BCUT2D eigenvalue weighted by Crippen LogP contribution is 2.34. The summed E-state index contributed by atoms with van der Waals surface area (Å²) in [6.45, 7) is 12.3. The van der Waals surface area contributed by atoms with Crippen LogP contribution in [0.1, 0.15) is 46.0 Å². The number of aromatic nitrogens is 2. The first-order valence-corrected chi connectivity index (χ1v) is 13.1. The Morgan fingerprint density at radius 2 is 1.81 bits per heavy atom. The Morgan fingerprint density at radius 3 is 2.42 bits per heavy atom. The smallest absolute Gasteiger partial charge is 0.407 e. The van der Waals surface area contributed by atoms with Gasteiger partial charge >= 0.3 is 6.09 Å². The molecule has 0 spiro atoms. The number of fused-ring (bicyclic) bond motifs is 1. The van der Waals surface area contributed by atoms with Crippen LogP contribution >= 0.6 is 11.3 Å². The van der Waals surface area contributed by atoms with Gasteiger partial charge in [-0.25, -0.2) is 9.78 Å². The van der Waals surface area contributed by atoms with Crippen molar-refractivity contribution in [1.82, 2.24) is 14.9 Å². The number of rotatable bonds is 6. The first-order valence-electron chi connectivity index (χ1n) is 12.2. The number of amides is 1. The van der Waals surface area contributed by atoms with E-state index in [1.807, 2.05) is 81.6 Å². The van der Waals surface area contributed by atoms with Gasteiger partial charge in [0.25, 0.3) is 5.56 Å². The number of hydrogen-bond acceptors (Lipinski definition) is 5. The van der Waals surface area contributed by atoms with Gasteiger partial charge in [-0.1, -0.05) is 50.2 Å². The number of carbonyl (C=O) groups is 1. The van der Waals surface area contributed by atoms with E-state index in [2.05, 4.69) is 24.1 Å². The SMILES string of the molecule is Cc1csc(-c2ccc3c(=O)n(CC(C)C)c(CNC(=O)OC(C)(C)C)c(-c4ccccc4)c3c2)n1. The Balaban J connectivity index is 1.97. The average Bonchev–Trinajstić information content (AvgIpc) is 3.25. The van der Waals surface area contributed by atoms with E-state index in [-0.39, 0.29) is 18.0 Å². The minimum atomic E-state index is -0.617. The molecule has 7 heteroatoms. The van der Waals surface area contributed by atoms with E-state index < -0.39 is 11.7 Å². The molecule has 2 aromatic carbocycles. The first-order chi connectivity index (χ1) is 17.0. The Labute approximate surface area is 216 Å². The molecule has 0 saturated heterocycles. The number of benzene rings is 2. The van der Waals surface area contributed by atoms with E-state index in [4.69, 9.17) is 4.74 Å². The Bertz CT molecular complexity index is 1450. The highest BCUT2D eigenvalue weighted by atomic mass is 32.1. The van der Waals surface area contributed by atoms with E-state index in [1.54, 1.807) is 15.9 Å². The fourth-order valence-corrected chi connectivity index (χ4v) is 5.05. The molecule has 0 aliphatic rings. The van der Waals surface area contributed by atoms with E-state index in [1.165, 1.54) is 0 Å². The second-order valence-corrected chi connectivity index (χ2v) is 11.3. The maximum atomic E-state index is 13.8. The predicted octanol–water partition coefficient (Wildman–Crippen LogP) is 6.78. The second-order valence-electron chi connectivity index (χ2n) is 10.4. The summed E-state index contributed by atoms with van der Waals surface area (Å²) in [5, 5.41) is 7.31. The molecular weight excluding hydrogens is 470 g/mol. The van der Waals surface area contributed by atoms with Crippen molar-refractivity contribution in [3.63, 3.8) is 0 Å². The number of alkyl carbamates (subject to hydrolysis) is 1. The van der Waals surface area contributed by atoms with Crippen molar-refractivity contribution in [1.29, 1.82) is 0 Å². The molecule has 0 fully saturated rings. The van der Waals surface area contributed by atoms with Crippen molar-refractivity contribution in [2.75, 3.05) is 0 Å². The lowest BCUT2D eigenvalue weighted by atomic mass is 9.95. The van der Waals surface area contributed by atoms with Crippen LogP contribution in [-0.2, 0) is 17.8 Å². The number of thiazole rings is 1. The molecule has 0 aliphatic heterocycles. The zero-order chi connectivity index (χ0) is 26.0. The molecule has 0 atom stereocenters. The van der Waals surface area contributed by atoms with Crippen LogP contribution in [0, 0.1) is 12.8 Å². The molecular formula is C29H33N3O3S. The Hall–Kier alpha value is -3.45. The quantitative estimate of drug-likeness (QED) is 0.315. The van der Waals surface area contributed by atoms with Gasteiger partial charge < -0.3 is 14.6 Å². The average molecular weight is 504 g/mol. The number of pyridine rings is 1. The lowest BCUT2D eigenvalue weighted by Gasteiger charge is -2.23. The van der Waals surface area contributed by atoms with Crippen molar-refractivity contribution in [3.8, 4) is 21.7 Å². The first kappa shape index (κ1) is 25.6. The maximum Gasteiger partial charge on any atom is 0.407 e. The summed E-state index contributed by atoms with van der Waals surface area (Å²) < 4.78 is 7.28. The van der Waals surface area contributed by atoms with Crippen LogP contribution in [0.25, 0.3) is 32.5 Å². The fourth-order valence-electron chi connectivity index (χ4n) is 4.25. The van der Waals surface area contributed by atoms with Gasteiger partial charge in [-0.3, -0.25) is 4.79 Å². The predicted molar refractivity (Wildman–Crippen MR) is 147 cm³/mol. The molecule has 2 aromatic heterocycles. The third-order valence-electron chi connectivity index (χ3n) is 5.65. The molecule has 0 bridgehead atoms. The third-order valence-corrected chi connectivity index (χ3v) is 6.66. The Morgan fingerprint density at radius 1 is 1.08 bits per heavy atom. The molecule has 0 unspecified atom stereocenters. The van der Waals surface area contributed by atoms with Crippen molar-refractivity contribution < 1.29 is 9.53 Å². The van der Waals surface area contributed by atoms with E-state index >= 15 is 0 Å². The van der Waals surface area contributed by atoms with Crippen molar-refractivity contribution in [2.24, 2.45) is 5.92 Å². The number of nitrogens with zero attached hydrogens (tertiary/aromatic N) is 2. The number of aryl methyl sites for hydroxylation is 1. The van der Waals surface area contributed by atoms with Crippen LogP contribution in [0.15, 0.2) is 58.7 Å². The van der Waals surface area contributed by atoms with Crippen molar-refractivity contribution in [2.45, 2.75) is 60.2 Å². The van der Waals surface area contributed by atoms with E-state index in [9.17, 15) is 9.59 Å². The number of carbonyl (C=O) groups excluding carboxylic acids is 1. The summed E-state index contributed by atoms with van der Waals surface area (Å²) in [6.07, 6.45) is -0.517. The van der Waals surface area contributed by atoms with E-state index in [0.29, 0.717) is 11.9 Å². The van der Waals surface area contributed by atoms with Crippen LogP contribution in [0.4, 0.5) is 4.79 Å². The van der Waals surface area contributed by atoms with Crippen LogP contribution in [0.2, 0.25) is 0 Å². The van der Waals surface area contributed by atoms with Gasteiger partial charge in [0.15, 0.2) is 0 Å². The lowest BCUT2D eigenvalue weighted by Crippen LogP contribution is -2.35. The highest BCUT2D eigenvalue weighted by molar-refractivity contribution is 7.13. The van der Waals surface area contributed by atoms with Crippen molar-refractivity contribution >= 4 is 28.2 Å². The molecule has 188 valence electrons. The molecule has 0 radical (unpaired) electrons. The topological polar surface area (TPSA) is 73.2 Å². The summed E-state index contributed by atoms with van der Waals surface area (Å²) in [7, 11) is 0. The largest absolute Gasteiger partial charge is 0.444 e. The van der Waals surface area contributed by atoms with Gasteiger partial charge in [-0.2, -0.15) is 0 Å². The van der Waals surface area contributed by atoms with Crippen LogP contribution in [0.3, 0.4) is 0 Å². The molecule has 4 aromatic rings. The molecule has 1 N–H and O–H groups in total. The number of nitrogens with one attached hydrogen (secondary N) is 1. The lowest BCUT2D eigenvalue weighted by molar-refractivity contribution is 0.0522.